The van der Waals surface area contributed by atoms with Crippen molar-refractivity contribution in [3.05, 3.63) is 17.9 Å². The van der Waals surface area contributed by atoms with Crippen LogP contribution in [0.2, 0.25) is 0 Å². The highest BCUT2D eigenvalue weighted by molar-refractivity contribution is 5.63. The van der Waals surface area contributed by atoms with Crippen LogP contribution in [0, 0.1) is 5.82 Å². The molecule has 14 heavy (non-hydrogen) atoms. The minimum atomic E-state index is -0.326. The van der Waals surface area contributed by atoms with Gasteiger partial charge in [0.25, 0.3) is 0 Å². The van der Waals surface area contributed by atoms with Gasteiger partial charge in [-0.05, 0) is 6.92 Å². The molecule has 0 spiro atoms. The number of ether oxygens (including phenoxy) is 1. The molecular formula is C10H15FN2O. The Labute approximate surface area is 83.3 Å². The fraction of sp³-hybridized carbons (Fsp3) is 0.400. The number of benzene rings is 1. The molecule has 3 nitrogen and oxygen atoms in total. The van der Waals surface area contributed by atoms with Gasteiger partial charge in [0.1, 0.15) is 11.6 Å². The number of methoxy groups -OCH3 is 1. The molecule has 0 aliphatic carbocycles. The third-order valence-electron chi connectivity index (χ3n) is 2.18. The van der Waals surface area contributed by atoms with Crippen molar-refractivity contribution in [2.75, 3.05) is 31.3 Å². The Balaban J connectivity index is 3.17. The van der Waals surface area contributed by atoms with Gasteiger partial charge in [-0.2, -0.15) is 0 Å². The van der Waals surface area contributed by atoms with Crippen molar-refractivity contribution in [2.45, 2.75) is 6.92 Å². The van der Waals surface area contributed by atoms with Crippen LogP contribution >= 0.6 is 0 Å². The zero-order valence-electron chi connectivity index (χ0n) is 8.67. The van der Waals surface area contributed by atoms with Crippen LogP contribution < -0.4 is 15.4 Å². The van der Waals surface area contributed by atoms with Crippen molar-refractivity contribution in [3.8, 4) is 5.75 Å². The predicted molar refractivity (Wildman–Crippen MR) is 56.3 cm³/mol. The molecule has 78 valence electrons. The van der Waals surface area contributed by atoms with Gasteiger partial charge < -0.3 is 15.4 Å². The maximum Gasteiger partial charge on any atom is 0.148 e. The summed E-state index contributed by atoms with van der Waals surface area (Å²) in [7, 11) is 3.33. The van der Waals surface area contributed by atoms with E-state index in [1.54, 1.807) is 11.0 Å². The van der Waals surface area contributed by atoms with E-state index in [0.29, 0.717) is 17.1 Å². The Morgan fingerprint density at radius 2 is 2.14 bits per heavy atom. The molecule has 0 radical (unpaired) electrons. The summed E-state index contributed by atoms with van der Waals surface area (Å²) in [5.74, 6) is 0.175. The summed E-state index contributed by atoms with van der Waals surface area (Å²) in [4.78, 5) is 1.79. The summed E-state index contributed by atoms with van der Waals surface area (Å²) in [5.41, 5.74) is 6.38. The molecule has 0 aromatic heterocycles. The second-order valence-electron chi connectivity index (χ2n) is 3.06. The highest BCUT2D eigenvalue weighted by atomic mass is 19.1. The number of nitrogens with zero attached hydrogens (tertiary/aromatic N) is 1. The van der Waals surface area contributed by atoms with Gasteiger partial charge in [-0.25, -0.2) is 4.39 Å². The van der Waals surface area contributed by atoms with Crippen molar-refractivity contribution in [1.29, 1.82) is 0 Å². The molecule has 0 aliphatic heterocycles. The van der Waals surface area contributed by atoms with Crippen LogP contribution in [0.15, 0.2) is 12.1 Å². The average molecular weight is 198 g/mol. The molecule has 2 N–H and O–H groups in total. The first-order chi connectivity index (χ1) is 6.60. The Bertz CT molecular complexity index is 328. The lowest BCUT2D eigenvalue weighted by Crippen LogP contribution is -2.17. The van der Waals surface area contributed by atoms with E-state index in [1.165, 1.54) is 13.2 Å². The molecule has 0 heterocycles. The van der Waals surface area contributed by atoms with E-state index in [1.807, 2.05) is 14.0 Å². The molecule has 1 aromatic rings. The van der Waals surface area contributed by atoms with Crippen LogP contribution in [0.1, 0.15) is 6.92 Å². The summed E-state index contributed by atoms with van der Waals surface area (Å²) in [6.07, 6.45) is 0. The molecule has 0 amide bonds. The Kier molecular flexibility index (Phi) is 3.17. The average Bonchev–Trinajstić information content (AvgIpc) is 2.17. The third-order valence-corrected chi connectivity index (χ3v) is 2.18. The molecular weight excluding hydrogens is 183 g/mol. The molecule has 0 bridgehead atoms. The molecule has 0 atom stereocenters. The van der Waals surface area contributed by atoms with Gasteiger partial charge in [-0.3, -0.25) is 0 Å². The van der Waals surface area contributed by atoms with Gasteiger partial charge >= 0.3 is 0 Å². The minimum Gasteiger partial charge on any atom is -0.495 e. The van der Waals surface area contributed by atoms with Gasteiger partial charge in [-0.15, -0.1) is 0 Å². The largest absolute Gasteiger partial charge is 0.495 e. The summed E-state index contributed by atoms with van der Waals surface area (Å²) in [6.45, 7) is 2.67. The number of nitrogens with two attached hydrogens (primary N) is 1. The lowest BCUT2D eigenvalue weighted by Gasteiger charge is -2.19. The number of hydrogen-bond donors (Lipinski definition) is 1. The summed E-state index contributed by atoms with van der Waals surface area (Å²) in [5, 5.41) is 0. The second-order valence-corrected chi connectivity index (χ2v) is 3.06. The first-order valence-electron chi connectivity index (χ1n) is 4.44. The van der Waals surface area contributed by atoms with Gasteiger partial charge in [0.15, 0.2) is 0 Å². The quantitative estimate of drug-likeness (QED) is 0.753. The first-order valence-corrected chi connectivity index (χ1v) is 4.44. The first kappa shape index (κ1) is 10.6. The van der Waals surface area contributed by atoms with Crippen molar-refractivity contribution in [3.63, 3.8) is 0 Å². The Morgan fingerprint density at radius 3 is 2.64 bits per heavy atom. The van der Waals surface area contributed by atoms with Crippen molar-refractivity contribution in [2.24, 2.45) is 0 Å². The molecule has 4 heteroatoms. The Morgan fingerprint density at radius 1 is 1.50 bits per heavy atom. The molecule has 1 aromatic carbocycles. The van der Waals surface area contributed by atoms with Crippen LogP contribution in [0.25, 0.3) is 0 Å². The summed E-state index contributed by atoms with van der Waals surface area (Å²) < 4.78 is 18.4. The van der Waals surface area contributed by atoms with E-state index in [0.717, 1.165) is 6.54 Å². The summed E-state index contributed by atoms with van der Waals surface area (Å²) in [6, 6.07) is 2.88. The van der Waals surface area contributed by atoms with Crippen LogP contribution in [-0.4, -0.2) is 20.7 Å². The maximum atomic E-state index is 13.4. The summed E-state index contributed by atoms with van der Waals surface area (Å²) >= 11 is 0. The van der Waals surface area contributed by atoms with E-state index in [9.17, 15) is 4.39 Å². The topological polar surface area (TPSA) is 38.5 Å². The minimum absolute atomic E-state index is 0.318. The number of anilines is 2. The fourth-order valence-corrected chi connectivity index (χ4v) is 1.20. The lowest BCUT2D eigenvalue weighted by molar-refractivity contribution is 0.416. The monoisotopic (exact) mass is 198 g/mol. The zero-order chi connectivity index (χ0) is 10.7. The number of rotatable bonds is 3. The SMILES string of the molecule is CCN(C)c1cc(OC)c(N)cc1F. The van der Waals surface area contributed by atoms with Crippen molar-refractivity contribution in [1.82, 2.24) is 0 Å². The van der Waals surface area contributed by atoms with E-state index < -0.39 is 0 Å². The van der Waals surface area contributed by atoms with E-state index in [4.69, 9.17) is 10.5 Å². The number of halogens is 1. The van der Waals surface area contributed by atoms with Gasteiger partial charge in [0, 0.05) is 25.7 Å². The van der Waals surface area contributed by atoms with Crippen molar-refractivity contribution >= 4 is 11.4 Å². The predicted octanol–water partition coefficient (Wildman–Crippen LogP) is 1.87. The Hall–Kier alpha value is -1.45. The smallest absolute Gasteiger partial charge is 0.148 e. The van der Waals surface area contributed by atoms with Gasteiger partial charge in [0.2, 0.25) is 0 Å². The van der Waals surface area contributed by atoms with Crippen molar-refractivity contribution < 1.29 is 9.13 Å². The van der Waals surface area contributed by atoms with Crippen LogP contribution in [0.4, 0.5) is 15.8 Å². The highest BCUT2D eigenvalue weighted by Gasteiger charge is 2.10. The second kappa shape index (κ2) is 4.17. The molecule has 0 saturated heterocycles. The molecule has 0 fully saturated rings. The zero-order valence-corrected chi connectivity index (χ0v) is 8.67. The lowest BCUT2D eigenvalue weighted by atomic mass is 10.2. The third kappa shape index (κ3) is 1.89. The van der Waals surface area contributed by atoms with E-state index in [-0.39, 0.29) is 5.82 Å². The molecule has 0 aliphatic rings. The fourth-order valence-electron chi connectivity index (χ4n) is 1.20. The van der Waals surface area contributed by atoms with E-state index in [2.05, 4.69) is 0 Å². The standard InChI is InChI=1S/C10H15FN2O/c1-4-13(2)9-6-10(14-3)8(12)5-7(9)11/h5-6H,4,12H2,1-3H3. The van der Waals surface area contributed by atoms with Crippen LogP contribution in [0.5, 0.6) is 5.75 Å². The van der Waals surface area contributed by atoms with Crippen LogP contribution in [0.3, 0.4) is 0 Å². The maximum absolute atomic E-state index is 13.4. The molecule has 1 rings (SSSR count). The van der Waals surface area contributed by atoms with Gasteiger partial charge in [-0.1, -0.05) is 0 Å². The normalized spacial score (nSPS) is 10.0. The number of hydrogen-bond acceptors (Lipinski definition) is 3. The molecule has 0 unspecified atom stereocenters. The van der Waals surface area contributed by atoms with E-state index >= 15 is 0 Å². The van der Waals surface area contributed by atoms with Crippen LogP contribution in [-0.2, 0) is 0 Å². The number of nitrogen functional groups attached to an aromatic ring is 1. The molecule has 0 saturated carbocycles. The highest BCUT2D eigenvalue weighted by Crippen LogP contribution is 2.29. The van der Waals surface area contributed by atoms with Gasteiger partial charge in [0.05, 0.1) is 18.5 Å².